The quantitative estimate of drug-likeness (QED) is 0.810. The van der Waals surface area contributed by atoms with Crippen molar-refractivity contribution in [3.05, 3.63) is 42.2 Å². The summed E-state index contributed by atoms with van der Waals surface area (Å²) in [6, 6.07) is 8.50. The number of hydrogen-bond donors (Lipinski definition) is 2. The third-order valence-corrected chi connectivity index (χ3v) is 2.97. The largest absolute Gasteiger partial charge is 0.353 e. The molecule has 1 N–H and O–H groups in total. The molecule has 2 aromatic rings. The van der Waals surface area contributed by atoms with Gasteiger partial charge in [0.2, 0.25) is 5.95 Å². The van der Waals surface area contributed by atoms with Crippen molar-refractivity contribution in [3.63, 3.8) is 0 Å². The molecule has 1 aromatic carbocycles. The third-order valence-electron chi connectivity index (χ3n) is 2.74. The lowest BCUT2D eigenvalue weighted by molar-refractivity contribution is 1.09. The molecule has 3 nitrogen and oxygen atoms in total. The van der Waals surface area contributed by atoms with Gasteiger partial charge in [0.05, 0.1) is 0 Å². The fourth-order valence-electron chi connectivity index (χ4n) is 1.67. The van der Waals surface area contributed by atoms with Crippen LogP contribution in [0.15, 0.2) is 36.7 Å². The van der Waals surface area contributed by atoms with E-state index in [4.69, 9.17) is 0 Å². The Balaban J connectivity index is 2.12. The van der Waals surface area contributed by atoms with Crippen LogP contribution in [0.3, 0.4) is 0 Å². The van der Waals surface area contributed by atoms with Crippen LogP contribution >= 0.6 is 12.6 Å². The molecule has 1 aromatic heterocycles. The van der Waals surface area contributed by atoms with Crippen molar-refractivity contribution in [2.24, 2.45) is 0 Å². The number of thiol groups is 1. The molecule has 18 heavy (non-hydrogen) atoms. The van der Waals surface area contributed by atoms with Gasteiger partial charge in [-0.25, -0.2) is 9.97 Å². The number of aryl methyl sites for hydroxylation is 1. The molecule has 0 radical (unpaired) electrons. The van der Waals surface area contributed by atoms with E-state index in [1.54, 1.807) is 0 Å². The number of nitrogens with zero attached hydrogens (tertiary/aromatic N) is 2. The van der Waals surface area contributed by atoms with Crippen LogP contribution in [0.1, 0.15) is 12.5 Å². The Hall–Kier alpha value is -1.55. The number of rotatable bonds is 5. The van der Waals surface area contributed by atoms with Gasteiger partial charge >= 0.3 is 0 Å². The number of nitrogens with one attached hydrogen (secondary N) is 1. The Bertz CT molecular complexity index is 479. The van der Waals surface area contributed by atoms with Gasteiger partial charge in [-0.3, -0.25) is 0 Å². The molecule has 0 spiro atoms. The van der Waals surface area contributed by atoms with Gasteiger partial charge in [-0.05, 0) is 17.5 Å². The Kier molecular flexibility index (Phi) is 4.59. The normalized spacial score (nSPS) is 10.3. The van der Waals surface area contributed by atoms with Gasteiger partial charge in [-0.15, -0.1) is 0 Å². The lowest BCUT2D eigenvalue weighted by Crippen LogP contribution is -2.05. The zero-order valence-corrected chi connectivity index (χ0v) is 11.3. The van der Waals surface area contributed by atoms with Crippen LogP contribution in [0.2, 0.25) is 0 Å². The number of benzene rings is 1. The molecular formula is C14H17N3S. The van der Waals surface area contributed by atoms with Crippen LogP contribution in [0.4, 0.5) is 5.95 Å². The summed E-state index contributed by atoms with van der Waals surface area (Å²) in [5.41, 5.74) is 3.52. The summed E-state index contributed by atoms with van der Waals surface area (Å²) in [5, 5.41) is 3.09. The summed E-state index contributed by atoms with van der Waals surface area (Å²) in [6.07, 6.45) is 4.74. The number of anilines is 1. The van der Waals surface area contributed by atoms with E-state index in [1.165, 1.54) is 5.56 Å². The Morgan fingerprint density at radius 3 is 2.28 bits per heavy atom. The lowest BCUT2D eigenvalue weighted by Gasteiger charge is -2.05. The number of hydrogen-bond acceptors (Lipinski definition) is 4. The van der Waals surface area contributed by atoms with Crippen molar-refractivity contribution in [2.75, 3.05) is 17.6 Å². The summed E-state index contributed by atoms with van der Waals surface area (Å²) < 4.78 is 0. The van der Waals surface area contributed by atoms with Crippen molar-refractivity contribution in [3.8, 4) is 11.1 Å². The fourth-order valence-corrected chi connectivity index (χ4v) is 1.78. The first-order valence-corrected chi connectivity index (χ1v) is 6.73. The molecule has 2 rings (SSSR count). The molecule has 0 aliphatic rings. The molecule has 0 bridgehead atoms. The van der Waals surface area contributed by atoms with Crippen LogP contribution in [-0.4, -0.2) is 22.3 Å². The topological polar surface area (TPSA) is 37.8 Å². The van der Waals surface area contributed by atoms with E-state index in [1.807, 2.05) is 12.4 Å². The summed E-state index contributed by atoms with van der Waals surface area (Å²) in [5.74, 6) is 1.42. The van der Waals surface area contributed by atoms with Crippen LogP contribution < -0.4 is 5.32 Å². The van der Waals surface area contributed by atoms with Gasteiger partial charge in [-0.2, -0.15) is 12.6 Å². The smallest absolute Gasteiger partial charge is 0.222 e. The minimum atomic E-state index is 0.651. The highest BCUT2D eigenvalue weighted by Crippen LogP contribution is 2.18. The van der Waals surface area contributed by atoms with E-state index in [-0.39, 0.29) is 0 Å². The van der Waals surface area contributed by atoms with Gasteiger partial charge < -0.3 is 5.32 Å². The van der Waals surface area contributed by atoms with Crippen LogP contribution in [0.5, 0.6) is 0 Å². The SMILES string of the molecule is CCc1ccc(-c2cnc(NCCS)nc2)cc1. The summed E-state index contributed by atoms with van der Waals surface area (Å²) in [4.78, 5) is 8.56. The van der Waals surface area contributed by atoms with Crippen molar-refractivity contribution < 1.29 is 0 Å². The predicted octanol–water partition coefficient (Wildman–Crippen LogP) is 3.05. The second kappa shape index (κ2) is 6.40. The Labute approximate surface area is 113 Å². The highest BCUT2D eigenvalue weighted by Gasteiger charge is 2.00. The van der Waals surface area contributed by atoms with Crippen molar-refractivity contribution >= 4 is 18.6 Å². The highest BCUT2D eigenvalue weighted by atomic mass is 32.1. The first-order valence-electron chi connectivity index (χ1n) is 6.09. The molecule has 0 saturated heterocycles. The predicted molar refractivity (Wildman–Crippen MR) is 79.2 cm³/mol. The number of aromatic nitrogens is 2. The molecule has 0 aliphatic heterocycles. The van der Waals surface area contributed by atoms with Crippen molar-refractivity contribution in [1.82, 2.24) is 9.97 Å². The molecule has 1 heterocycles. The second-order valence-corrected chi connectivity index (χ2v) is 4.44. The standard InChI is InChI=1S/C14H17N3S/c1-2-11-3-5-12(6-4-11)13-9-16-14(17-10-13)15-7-8-18/h3-6,9-10,18H,2,7-8H2,1H3,(H,15,16,17). The zero-order chi connectivity index (χ0) is 12.8. The average molecular weight is 259 g/mol. The first-order chi connectivity index (χ1) is 8.83. The van der Waals surface area contributed by atoms with Gasteiger partial charge in [0.25, 0.3) is 0 Å². The maximum atomic E-state index is 4.28. The molecule has 0 atom stereocenters. The molecule has 0 fully saturated rings. The van der Waals surface area contributed by atoms with E-state index >= 15 is 0 Å². The lowest BCUT2D eigenvalue weighted by atomic mass is 10.1. The zero-order valence-electron chi connectivity index (χ0n) is 10.4. The molecular weight excluding hydrogens is 242 g/mol. The minimum absolute atomic E-state index is 0.651. The Morgan fingerprint density at radius 1 is 1.06 bits per heavy atom. The highest BCUT2D eigenvalue weighted by molar-refractivity contribution is 7.80. The van der Waals surface area contributed by atoms with Crippen LogP contribution in [0, 0.1) is 0 Å². The van der Waals surface area contributed by atoms with E-state index in [0.717, 1.165) is 29.8 Å². The second-order valence-electron chi connectivity index (χ2n) is 4.00. The van der Waals surface area contributed by atoms with Crippen LogP contribution in [0.25, 0.3) is 11.1 Å². The van der Waals surface area contributed by atoms with E-state index in [9.17, 15) is 0 Å². The minimum Gasteiger partial charge on any atom is -0.353 e. The van der Waals surface area contributed by atoms with E-state index < -0.39 is 0 Å². The van der Waals surface area contributed by atoms with Gasteiger partial charge in [0, 0.05) is 30.3 Å². The van der Waals surface area contributed by atoms with E-state index in [2.05, 4.69) is 59.1 Å². The summed E-state index contributed by atoms with van der Waals surface area (Å²) in [6.45, 7) is 2.92. The van der Waals surface area contributed by atoms with Gasteiger partial charge in [-0.1, -0.05) is 31.2 Å². The van der Waals surface area contributed by atoms with Crippen LogP contribution in [-0.2, 0) is 6.42 Å². The summed E-state index contributed by atoms with van der Waals surface area (Å²) >= 11 is 4.13. The average Bonchev–Trinajstić information content (AvgIpc) is 2.46. The molecule has 0 aliphatic carbocycles. The monoisotopic (exact) mass is 259 g/mol. The molecule has 0 unspecified atom stereocenters. The fraction of sp³-hybridized carbons (Fsp3) is 0.286. The third kappa shape index (κ3) is 3.23. The molecule has 0 amide bonds. The maximum absolute atomic E-state index is 4.28. The Morgan fingerprint density at radius 2 is 1.72 bits per heavy atom. The van der Waals surface area contributed by atoms with Crippen molar-refractivity contribution in [2.45, 2.75) is 13.3 Å². The molecule has 94 valence electrons. The first kappa shape index (κ1) is 12.9. The molecule has 0 saturated carbocycles. The molecule has 4 heteroatoms. The summed E-state index contributed by atoms with van der Waals surface area (Å²) in [7, 11) is 0. The van der Waals surface area contributed by atoms with Crippen molar-refractivity contribution in [1.29, 1.82) is 0 Å². The van der Waals surface area contributed by atoms with Gasteiger partial charge in [0.15, 0.2) is 0 Å². The maximum Gasteiger partial charge on any atom is 0.222 e. The van der Waals surface area contributed by atoms with E-state index in [0.29, 0.717) is 5.95 Å². The van der Waals surface area contributed by atoms with Gasteiger partial charge in [0.1, 0.15) is 0 Å².